The molecule has 0 fully saturated rings. The highest BCUT2D eigenvalue weighted by Gasteiger charge is 2.36. The van der Waals surface area contributed by atoms with Crippen molar-refractivity contribution in [1.29, 1.82) is 0 Å². The molecule has 0 spiro atoms. The van der Waals surface area contributed by atoms with Crippen LogP contribution in [0.5, 0.6) is 5.75 Å². The maximum Gasteiger partial charge on any atom is 0.270 e. The van der Waals surface area contributed by atoms with Gasteiger partial charge in [0.05, 0.1) is 33.8 Å². The summed E-state index contributed by atoms with van der Waals surface area (Å²) in [4.78, 5) is 48.2. The molecule has 1 aliphatic heterocycles. The highest BCUT2D eigenvalue weighted by Crippen LogP contribution is 2.38. The summed E-state index contributed by atoms with van der Waals surface area (Å²) in [6.45, 7) is 0. The van der Waals surface area contributed by atoms with E-state index in [4.69, 9.17) is 4.74 Å². The van der Waals surface area contributed by atoms with Crippen LogP contribution in [0.4, 0.5) is 17.1 Å². The number of hydrogen-bond acceptors (Lipinski definition) is 7. The highest BCUT2D eigenvalue weighted by atomic mass is 16.6. The smallest absolute Gasteiger partial charge is 0.270 e. The van der Waals surface area contributed by atoms with E-state index in [2.05, 4.69) is 0 Å². The molecule has 0 saturated heterocycles. The maximum absolute atomic E-state index is 13.1. The molecular weight excluding hydrogens is 382 g/mol. The van der Waals surface area contributed by atoms with Crippen LogP contribution in [0.2, 0.25) is 0 Å². The van der Waals surface area contributed by atoms with Crippen molar-refractivity contribution in [2.75, 3.05) is 12.0 Å². The summed E-state index contributed by atoms with van der Waals surface area (Å²) in [7, 11) is 1.46. The number of rotatable bonds is 4. The van der Waals surface area contributed by atoms with Crippen LogP contribution in [-0.2, 0) is 0 Å². The third-order valence-corrected chi connectivity index (χ3v) is 4.64. The van der Waals surface area contributed by atoms with Crippen molar-refractivity contribution in [3.8, 4) is 5.75 Å². The molecule has 29 heavy (non-hydrogen) atoms. The first-order chi connectivity index (χ1) is 13.8. The quantitative estimate of drug-likeness (QED) is 0.376. The minimum Gasteiger partial charge on any atom is -0.497 e. The number of amides is 2. The Morgan fingerprint density at radius 1 is 0.828 bits per heavy atom. The molecule has 0 atom stereocenters. The van der Waals surface area contributed by atoms with Gasteiger partial charge in [-0.05, 0) is 29.7 Å². The van der Waals surface area contributed by atoms with Gasteiger partial charge in [-0.1, -0.05) is 0 Å². The number of methoxy groups -OCH3 is 1. The van der Waals surface area contributed by atoms with Gasteiger partial charge in [0.1, 0.15) is 5.75 Å². The predicted molar refractivity (Wildman–Crippen MR) is 101 cm³/mol. The van der Waals surface area contributed by atoms with Gasteiger partial charge in [0, 0.05) is 29.7 Å². The third kappa shape index (κ3) is 2.74. The topological polar surface area (TPSA) is 133 Å². The van der Waals surface area contributed by atoms with Crippen molar-refractivity contribution in [3.05, 3.63) is 79.9 Å². The molecule has 0 bridgehead atoms. The number of carbonyl (C=O) groups excluding carboxylic acids is 2. The number of carbonyl (C=O) groups is 2. The number of hydrogen-bond donors (Lipinski definition) is 0. The van der Waals surface area contributed by atoms with Crippen LogP contribution in [0.15, 0.2) is 48.5 Å². The average Bonchev–Trinajstić information content (AvgIpc) is 2.71. The molecule has 0 N–H and O–H groups in total. The van der Waals surface area contributed by atoms with Crippen LogP contribution >= 0.6 is 0 Å². The lowest BCUT2D eigenvalue weighted by molar-refractivity contribution is -0.385. The lowest BCUT2D eigenvalue weighted by atomic mass is 9.92. The average molecular weight is 393 g/mol. The molecule has 0 radical (unpaired) electrons. The van der Waals surface area contributed by atoms with E-state index in [0.717, 1.165) is 29.2 Å². The van der Waals surface area contributed by atoms with Crippen molar-refractivity contribution < 1.29 is 24.2 Å². The molecule has 0 aromatic heterocycles. The second-order valence-electron chi connectivity index (χ2n) is 6.24. The molecule has 10 heteroatoms. The summed E-state index contributed by atoms with van der Waals surface area (Å²) < 4.78 is 5.06. The van der Waals surface area contributed by atoms with Gasteiger partial charge in [0.2, 0.25) is 0 Å². The summed E-state index contributed by atoms with van der Waals surface area (Å²) in [5, 5.41) is 22.8. The van der Waals surface area contributed by atoms with E-state index in [1.165, 1.54) is 19.2 Å². The van der Waals surface area contributed by atoms with Crippen LogP contribution < -0.4 is 9.64 Å². The fraction of sp³-hybridized carbons (Fsp3) is 0.0526. The second kappa shape index (κ2) is 6.37. The van der Waals surface area contributed by atoms with Crippen molar-refractivity contribution in [2.24, 2.45) is 0 Å². The van der Waals surface area contributed by atoms with E-state index < -0.39 is 33.0 Å². The molecule has 3 aromatic carbocycles. The molecule has 2 amide bonds. The molecule has 0 saturated carbocycles. The molecule has 0 aliphatic carbocycles. The Morgan fingerprint density at radius 2 is 1.31 bits per heavy atom. The number of nitrogens with zero attached hydrogens (tertiary/aromatic N) is 3. The predicted octanol–water partition coefficient (Wildman–Crippen LogP) is 3.47. The fourth-order valence-electron chi connectivity index (χ4n) is 3.33. The van der Waals surface area contributed by atoms with Crippen LogP contribution in [0.3, 0.4) is 0 Å². The van der Waals surface area contributed by atoms with Crippen molar-refractivity contribution in [2.45, 2.75) is 0 Å². The van der Waals surface area contributed by atoms with Gasteiger partial charge in [0.25, 0.3) is 23.2 Å². The number of ether oxygens (including phenoxy) is 1. The normalized spacial score (nSPS) is 12.9. The van der Waals surface area contributed by atoms with E-state index in [9.17, 15) is 29.8 Å². The Labute approximate surface area is 162 Å². The van der Waals surface area contributed by atoms with Gasteiger partial charge in [0.15, 0.2) is 0 Å². The van der Waals surface area contributed by atoms with Gasteiger partial charge in [-0.3, -0.25) is 29.8 Å². The van der Waals surface area contributed by atoms with Crippen molar-refractivity contribution in [3.63, 3.8) is 0 Å². The molecule has 4 rings (SSSR count). The minimum atomic E-state index is -0.754. The third-order valence-electron chi connectivity index (χ3n) is 4.64. The van der Waals surface area contributed by atoms with Gasteiger partial charge in [-0.25, -0.2) is 4.90 Å². The summed E-state index contributed by atoms with van der Waals surface area (Å²) in [6, 6.07) is 10.4. The summed E-state index contributed by atoms with van der Waals surface area (Å²) >= 11 is 0. The summed E-state index contributed by atoms with van der Waals surface area (Å²) in [6.07, 6.45) is 0. The Kier molecular flexibility index (Phi) is 3.97. The van der Waals surface area contributed by atoms with E-state index in [1.54, 1.807) is 12.1 Å². The van der Waals surface area contributed by atoms with Gasteiger partial charge >= 0.3 is 0 Å². The van der Waals surface area contributed by atoms with Gasteiger partial charge < -0.3 is 4.74 Å². The Morgan fingerprint density at radius 3 is 1.72 bits per heavy atom. The van der Waals surface area contributed by atoms with E-state index in [1.807, 2.05) is 0 Å². The Balaban J connectivity index is 2.01. The Hall–Kier alpha value is -4.34. The van der Waals surface area contributed by atoms with Crippen molar-refractivity contribution >= 4 is 39.6 Å². The lowest BCUT2D eigenvalue weighted by Crippen LogP contribution is -2.40. The number of imide groups is 1. The summed E-state index contributed by atoms with van der Waals surface area (Å²) in [5.74, 6) is -1.01. The zero-order chi connectivity index (χ0) is 20.9. The van der Waals surface area contributed by atoms with Crippen LogP contribution in [-0.4, -0.2) is 28.8 Å². The Bertz CT molecular complexity index is 1170. The van der Waals surface area contributed by atoms with Crippen molar-refractivity contribution in [1.82, 2.24) is 0 Å². The van der Waals surface area contributed by atoms with E-state index >= 15 is 0 Å². The molecular formula is C19H11N3O7. The molecule has 10 nitrogen and oxygen atoms in total. The SMILES string of the molecule is COc1ccc(N2C(=O)c3cc([N+](=O)[O-])cc4cc([N+](=O)[O-])cc(c34)C2=O)cc1. The summed E-state index contributed by atoms with van der Waals surface area (Å²) in [5.41, 5.74) is -0.755. The first kappa shape index (κ1) is 18.0. The van der Waals surface area contributed by atoms with Crippen LogP contribution in [0, 0.1) is 20.2 Å². The number of benzene rings is 3. The molecule has 0 unspecified atom stereocenters. The zero-order valence-corrected chi connectivity index (χ0v) is 14.8. The molecule has 1 heterocycles. The standard InChI is InChI=1S/C19H11N3O7/c1-29-14-4-2-11(3-5-14)20-18(23)15-8-12(21(25)26)6-10-7-13(22(27)28)9-16(17(10)15)19(20)24/h2-9H,1H3. The highest BCUT2D eigenvalue weighted by molar-refractivity contribution is 6.36. The monoisotopic (exact) mass is 393 g/mol. The number of non-ortho nitro benzene ring substituents is 2. The molecule has 1 aliphatic rings. The second-order valence-corrected chi connectivity index (χ2v) is 6.24. The number of anilines is 1. The van der Waals surface area contributed by atoms with E-state index in [-0.39, 0.29) is 27.6 Å². The molecule has 3 aromatic rings. The lowest BCUT2D eigenvalue weighted by Gasteiger charge is -2.27. The van der Waals surface area contributed by atoms with Gasteiger partial charge in [-0.2, -0.15) is 0 Å². The maximum atomic E-state index is 13.1. The molecule has 144 valence electrons. The number of nitro benzene ring substituents is 2. The van der Waals surface area contributed by atoms with Gasteiger partial charge in [-0.15, -0.1) is 0 Å². The van der Waals surface area contributed by atoms with Crippen LogP contribution in [0.1, 0.15) is 20.7 Å². The largest absolute Gasteiger partial charge is 0.497 e. The number of nitro groups is 2. The minimum absolute atomic E-state index is 0.0745. The first-order valence-corrected chi connectivity index (χ1v) is 8.25. The zero-order valence-electron chi connectivity index (χ0n) is 14.8. The first-order valence-electron chi connectivity index (χ1n) is 8.25. The fourth-order valence-corrected chi connectivity index (χ4v) is 3.33. The van der Waals surface area contributed by atoms with E-state index in [0.29, 0.717) is 5.75 Å². The van der Waals surface area contributed by atoms with Crippen LogP contribution in [0.25, 0.3) is 10.8 Å².